The number of rotatable bonds is 2. The van der Waals surface area contributed by atoms with Gasteiger partial charge in [0, 0.05) is 31.3 Å². The van der Waals surface area contributed by atoms with Gasteiger partial charge in [0.2, 0.25) is 5.91 Å². The Labute approximate surface area is 131 Å². The molecular weight excluding hydrogens is 296 g/mol. The number of amides is 1. The first-order valence-corrected chi connectivity index (χ1v) is 7.36. The minimum absolute atomic E-state index is 0.0289. The van der Waals surface area contributed by atoms with Gasteiger partial charge in [0.15, 0.2) is 5.58 Å². The first-order chi connectivity index (χ1) is 11.2. The standard InChI is InChI=1S/C16H14N4O3/c21-15(19-6-5-12-11(8-19)7-17-10-18-12)9-20-13-3-1-2-4-14(13)23-16(20)22/h1-4,7,10H,5-6,8-9H2. The summed E-state index contributed by atoms with van der Waals surface area (Å²) in [5, 5.41) is 0. The SMILES string of the molecule is O=C(Cn1c(=O)oc2ccccc21)N1CCc2ncncc2C1. The fraction of sp³-hybridized carbons (Fsp3) is 0.250. The van der Waals surface area contributed by atoms with Gasteiger partial charge in [-0.25, -0.2) is 14.8 Å². The number of hydrogen-bond acceptors (Lipinski definition) is 5. The molecule has 0 atom stereocenters. The molecule has 0 spiro atoms. The Morgan fingerprint density at radius 3 is 3.09 bits per heavy atom. The summed E-state index contributed by atoms with van der Waals surface area (Å²) in [5.41, 5.74) is 3.06. The van der Waals surface area contributed by atoms with Crippen molar-refractivity contribution in [3.8, 4) is 0 Å². The van der Waals surface area contributed by atoms with Crippen LogP contribution in [0.4, 0.5) is 0 Å². The van der Waals surface area contributed by atoms with E-state index in [0.29, 0.717) is 30.6 Å². The third-order valence-electron chi connectivity index (χ3n) is 4.08. The third kappa shape index (κ3) is 2.40. The lowest BCUT2D eigenvalue weighted by Crippen LogP contribution is -2.39. The Morgan fingerprint density at radius 1 is 1.30 bits per heavy atom. The average molecular weight is 310 g/mol. The Hall–Kier alpha value is -2.96. The van der Waals surface area contributed by atoms with Crippen LogP contribution in [0, 0.1) is 0 Å². The van der Waals surface area contributed by atoms with E-state index in [9.17, 15) is 9.59 Å². The molecule has 0 N–H and O–H groups in total. The number of benzene rings is 1. The van der Waals surface area contributed by atoms with E-state index in [2.05, 4.69) is 9.97 Å². The van der Waals surface area contributed by atoms with Crippen LogP contribution >= 0.6 is 0 Å². The monoisotopic (exact) mass is 310 g/mol. The maximum absolute atomic E-state index is 12.6. The van der Waals surface area contributed by atoms with Crippen LogP contribution in [0.15, 0.2) is 46.0 Å². The highest BCUT2D eigenvalue weighted by Crippen LogP contribution is 2.17. The molecule has 0 unspecified atom stereocenters. The van der Waals surface area contributed by atoms with Crippen molar-refractivity contribution in [2.45, 2.75) is 19.5 Å². The Bertz CT molecular complexity index is 944. The number of aromatic nitrogens is 3. The highest BCUT2D eigenvalue weighted by molar-refractivity contribution is 5.79. The van der Waals surface area contributed by atoms with Gasteiger partial charge in [-0.3, -0.25) is 9.36 Å². The van der Waals surface area contributed by atoms with Crippen molar-refractivity contribution in [1.82, 2.24) is 19.4 Å². The van der Waals surface area contributed by atoms with Gasteiger partial charge in [-0.1, -0.05) is 12.1 Å². The zero-order chi connectivity index (χ0) is 15.8. The number of carbonyl (C=O) groups is 1. The summed E-state index contributed by atoms with van der Waals surface area (Å²) in [6, 6.07) is 7.09. The fourth-order valence-corrected chi connectivity index (χ4v) is 2.88. The third-order valence-corrected chi connectivity index (χ3v) is 4.08. The molecule has 3 heterocycles. The maximum Gasteiger partial charge on any atom is 0.420 e. The molecule has 0 radical (unpaired) electrons. The summed E-state index contributed by atoms with van der Waals surface area (Å²) in [7, 11) is 0. The lowest BCUT2D eigenvalue weighted by atomic mass is 10.1. The van der Waals surface area contributed by atoms with Crippen LogP contribution in [0.5, 0.6) is 0 Å². The molecule has 0 saturated carbocycles. The number of hydrogen-bond donors (Lipinski definition) is 0. The molecule has 2 aromatic heterocycles. The van der Waals surface area contributed by atoms with Crippen molar-refractivity contribution in [1.29, 1.82) is 0 Å². The molecule has 0 bridgehead atoms. The van der Waals surface area contributed by atoms with Gasteiger partial charge in [-0.2, -0.15) is 0 Å². The molecule has 0 saturated heterocycles. The molecule has 1 amide bonds. The second-order valence-corrected chi connectivity index (χ2v) is 5.48. The van der Waals surface area contributed by atoms with Gasteiger partial charge in [0.05, 0.1) is 11.2 Å². The molecule has 7 heteroatoms. The van der Waals surface area contributed by atoms with E-state index in [1.807, 2.05) is 6.07 Å². The van der Waals surface area contributed by atoms with E-state index < -0.39 is 5.76 Å². The first kappa shape index (κ1) is 13.7. The second-order valence-electron chi connectivity index (χ2n) is 5.48. The molecule has 1 aliphatic heterocycles. The Kier molecular flexibility index (Phi) is 3.18. The summed E-state index contributed by atoms with van der Waals surface area (Å²) in [5.74, 6) is -0.631. The highest BCUT2D eigenvalue weighted by Gasteiger charge is 2.23. The van der Waals surface area contributed by atoms with Crippen LogP contribution in [0.25, 0.3) is 11.1 Å². The van der Waals surface area contributed by atoms with Gasteiger partial charge in [0.1, 0.15) is 12.9 Å². The van der Waals surface area contributed by atoms with E-state index in [-0.39, 0.29) is 12.5 Å². The molecule has 3 aromatic rings. The minimum Gasteiger partial charge on any atom is -0.408 e. The Balaban J connectivity index is 1.59. The van der Waals surface area contributed by atoms with E-state index >= 15 is 0 Å². The Morgan fingerprint density at radius 2 is 2.17 bits per heavy atom. The molecule has 7 nitrogen and oxygen atoms in total. The van der Waals surface area contributed by atoms with Crippen molar-refractivity contribution in [2.24, 2.45) is 0 Å². The largest absolute Gasteiger partial charge is 0.420 e. The maximum atomic E-state index is 12.6. The lowest BCUT2D eigenvalue weighted by Gasteiger charge is -2.27. The zero-order valence-corrected chi connectivity index (χ0v) is 12.3. The quantitative estimate of drug-likeness (QED) is 0.704. The fourth-order valence-electron chi connectivity index (χ4n) is 2.88. The predicted molar refractivity (Wildman–Crippen MR) is 81.6 cm³/mol. The normalized spacial score (nSPS) is 14.0. The smallest absolute Gasteiger partial charge is 0.408 e. The van der Waals surface area contributed by atoms with Crippen molar-refractivity contribution in [2.75, 3.05) is 6.54 Å². The van der Waals surface area contributed by atoms with Gasteiger partial charge >= 0.3 is 5.76 Å². The molecule has 1 aliphatic rings. The summed E-state index contributed by atoms with van der Waals surface area (Å²) in [6.45, 7) is 1.03. The average Bonchev–Trinajstić information content (AvgIpc) is 2.90. The number of oxazole rings is 1. The van der Waals surface area contributed by atoms with Crippen LogP contribution in [0.1, 0.15) is 11.3 Å². The van der Waals surface area contributed by atoms with Crippen LogP contribution < -0.4 is 5.76 Å². The zero-order valence-electron chi connectivity index (χ0n) is 12.3. The van der Waals surface area contributed by atoms with Crippen LogP contribution in [-0.4, -0.2) is 31.9 Å². The van der Waals surface area contributed by atoms with Gasteiger partial charge < -0.3 is 9.32 Å². The number of fused-ring (bicyclic) bond motifs is 2. The molecule has 0 aliphatic carbocycles. The summed E-state index contributed by atoms with van der Waals surface area (Å²) < 4.78 is 6.53. The molecule has 0 fully saturated rings. The van der Waals surface area contributed by atoms with Crippen LogP contribution in [-0.2, 0) is 24.3 Å². The van der Waals surface area contributed by atoms with Crippen LogP contribution in [0.2, 0.25) is 0 Å². The molecule has 23 heavy (non-hydrogen) atoms. The summed E-state index contributed by atoms with van der Waals surface area (Å²) in [4.78, 5) is 34.5. The second kappa shape index (κ2) is 5.35. The van der Waals surface area contributed by atoms with E-state index in [4.69, 9.17) is 4.42 Å². The van der Waals surface area contributed by atoms with Gasteiger partial charge in [-0.05, 0) is 12.1 Å². The van der Waals surface area contributed by atoms with Gasteiger partial charge in [0.25, 0.3) is 0 Å². The van der Waals surface area contributed by atoms with Crippen molar-refractivity contribution in [3.63, 3.8) is 0 Å². The summed E-state index contributed by atoms with van der Waals surface area (Å²) >= 11 is 0. The predicted octanol–water partition coefficient (Wildman–Crippen LogP) is 0.969. The van der Waals surface area contributed by atoms with Crippen molar-refractivity contribution < 1.29 is 9.21 Å². The summed E-state index contributed by atoms with van der Waals surface area (Å²) in [6.07, 6.45) is 3.96. The molecule has 4 rings (SSSR count). The lowest BCUT2D eigenvalue weighted by molar-refractivity contribution is -0.132. The number of para-hydroxylation sites is 2. The van der Waals surface area contributed by atoms with Crippen LogP contribution in [0.3, 0.4) is 0 Å². The first-order valence-electron chi connectivity index (χ1n) is 7.36. The topological polar surface area (TPSA) is 81.2 Å². The molecule has 116 valence electrons. The number of carbonyl (C=O) groups excluding carboxylic acids is 1. The van der Waals surface area contributed by atoms with Gasteiger partial charge in [-0.15, -0.1) is 0 Å². The minimum atomic E-state index is -0.514. The van der Waals surface area contributed by atoms with E-state index in [0.717, 1.165) is 11.3 Å². The van der Waals surface area contributed by atoms with E-state index in [1.54, 1.807) is 29.3 Å². The highest BCUT2D eigenvalue weighted by atomic mass is 16.4. The number of nitrogens with zero attached hydrogens (tertiary/aromatic N) is 4. The van der Waals surface area contributed by atoms with E-state index in [1.165, 1.54) is 10.9 Å². The van der Waals surface area contributed by atoms with Crippen molar-refractivity contribution >= 4 is 17.0 Å². The molecular formula is C16H14N4O3. The van der Waals surface area contributed by atoms with Crippen molar-refractivity contribution in [3.05, 3.63) is 58.6 Å². The molecule has 1 aromatic carbocycles.